The number of esters is 2. The van der Waals surface area contributed by atoms with Crippen LogP contribution in [0.5, 0.6) is 0 Å². The van der Waals surface area contributed by atoms with E-state index in [0.717, 1.165) is 23.3 Å². The van der Waals surface area contributed by atoms with Gasteiger partial charge >= 0.3 is 11.9 Å². The molecule has 1 aromatic rings. The number of hydrogen-bond acceptors (Lipinski definition) is 7. The fourth-order valence-electron chi connectivity index (χ4n) is 2.61. The molecule has 6 nitrogen and oxygen atoms in total. The van der Waals surface area contributed by atoms with E-state index in [0.29, 0.717) is 36.7 Å². The van der Waals surface area contributed by atoms with Gasteiger partial charge in [-0.3, -0.25) is 9.59 Å². The van der Waals surface area contributed by atoms with Crippen molar-refractivity contribution in [2.75, 3.05) is 32.6 Å². The molecular formula is C18H25NO5S2. The van der Waals surface area contributed by atoms with Gasteiger partial charge in [-0.05, 0) is 31.4 Å². The molecule has 0 spiro atoms. The molecule has 1 atom stereocenters. The monoisotopic (exact) mass is 399 g/mol. The Morgan fingerprint density at radius 2 is 2.15 bits per heavy atom. The highest BCUT2D eigenvalue weighted by atomic mass is 32.2. The van der Waals surface area contributed by atoms with Crippen molar-refractivity contribution in [3.8, 4) is 0 Å². The number of methoxy groups -OCH3 is 1. The van der Waals surface area contributed by atoms with Crippen molar-refractivity contribution >= 4 is 40.9 Å². The maximum absolute atomic E-state index is 12.4. The molecule has 2 heterocycles. The van der Waals surface area contributed by atoms with E-state index in [1.54, 1.807) is 4.90 Å². The molecule has 0 N–H and O–H groups in total. The van der Waals surface area contributed by atoms with Gasteiger partial charge in [-0.2, -0.15) is 0 Å². The van der Waals surface area contributed by atoms with Crippen molar-refractivity contribution < 1.29 is 23.9 Å². The maximum atomic E-state index is 12.4. The second-order valence-electron chi connectivity index (χ2n) is 6.06. The van der Waals surface area contributed by atoms with E-state index in [1.165, 1.54) is 30.2 Å². The molecule has 0 aliphatic carbocycles. The van der Waals surface area contributed by atoms with Crippen LogP contribution in [0.3, 0.4) is 0 Å². The van der Waals surface area contributed by atoms with Gasteiger partial charge in [0.05, 0.1) is 13.7 Å². The third-order valence-corrected chi connectivity index (χ3v) is 6.58. The first-order valence-corrected chi connectivity index (χ1v) is 10.6. The molecule has 0 saturated carbocycles. The van der Waals surface area contributed by atoms with Gasteiger partial charge in [-0.1, -0.05) is 13.3 Å². The van der Waals surface area contributed by atoms with Crippen LogP contribution in [0.1, 0.15) is 39.9 Å². The standard InChI is InChI=1S/C18H25NO5S2/c1-4-5-9-24-17(21)14-11-12(2)13(26-14)6-7-19-8-10-25-15(16(19)20)18(22)23-3/h11,15H,4-10H2,1-3H3/t15-/m1/s1. The molecule has 8 heteroatoms. The zero-order chi connectivity index (χ0) is 19.1. The van der Waals surface area contributed by atoms with Crippen LogP contribution in [-0.4, -0.2) is 60.6 Å². The zero-order valence-electron chi connectivity index (χ0n) is 15.4. The zero-order valence-corrected chi connectivity index (χ0v) is 17.0. The molecule has 0 unspecified atom stereocenters. The number of hydrogen-bond donors (Lipinski definition) is 0. The van der Waals surface area contributed by atoms with Crippen molar-refractivity contribution in [1.82, 2.24) is 4.90 Å². The number of ether oxygens (including phenoxy) is 2. The summed E-state index contributed by atoms with van der Waals surface area (Å²) in [6.45, 7) is 5.59. The number of nitrogens with zero attached hydrogens (tertiary/aromatic N) is 1. The second kappa shape index (κ2) is 9.97. The normalized spacial score (nSPS) is 17.3. The topological polar surface area (TPSA) is 72.9 Å². The Bertz CT molecular complexity index is 658. The van der Waals surface area contributed by atoms with E-state index >= 15 is 0 Å². The Kier molecular flexibility index (Phi) is 7.96. The van der Waals surface area contributed by atoms with E-state index < -0.39 is 11.2 Å². The molecule has 1 saturated heterocycles. The number of rotatable bonds is 8. The molecule has 0 bridgehead atoms. The van der Waals surface area contributed by atoms with E-state index in [4.69, 9.17) is 9.47 Å². The minimum absolute atomic E-state index is 0.193. The van der Waals surface area contributed by atoms with Gasteiger partial charge in [-0.25, -0.2) is 4.79 Å². The first-order valence-electron chi connectivity index (χ1n) is 8.72. The van der Waals surface area contributed by atoms with Crippen molar-refractivity contribution in [3.63, 3.8) is 0 Å². The summed E-state index contributed by atoms with van der Waals surface area (Å²) < 4.78 is 9.96. The van der Waals surface area contributed by atoms with Gasteiger partial charge in [0.25, 0.3) is 0 Å². The molecular weight excluding hydrogens is 374 g/mol. The number of thioether (sulfide) groups is 1. The fourth-order valence-corrected chi connectivity index (χ4v) is 4.75. The summed E-state index contributed by atoms with van der Waals surface area (Å²) in [7, 11) is 1.30. The summed E-state index contributed by atoms with van der Waals surface area (Å²) in [5.41, 5.74) is 1.03. The van der Waals surface area contributed by atoms with Crippen LogP contribution < -0.4 is 0 Å². The van der Waals surface area contributed by atoms with Crippen LogP contribution in [0.15, 0.2) is 6.07 Å². The van der Waals surface area contributed by atoms with E-state index in [2.05, 4.69) is 0 Å². The SMILES string of the molecule is CCCCOC(=O)c1cc(C)c(CCN2CCS[C@@H](C(=O)OC)C2=O)s1. The van der Waals surface area contributed by atoms with Gasteiger partial charge in [0, 0.05) is 23.7 Å². The Balaban J connectivity index is 1.94. The molecule has 1 aliphatic heterocycles. The van der Waals surface area contributed by atoms with Gasteiger partial charge in [-0.15, -0.1) is 23.1 Å². The van der Waals surface area contributed by atoms with Gasteiger partial charge < -0.3 is 14.4 Å². The van der Waals surface area contributed by atoms with Crippen LogP contribution in [0, 0.1) is 6.92 Å². The first kappa shape index (κ1) is 20.8. The van der Waals surface area contributed by atoms with Crippen LogP contribution in [0.4, 0.5) is 0 Å². The molecule has 1 aromatic heterocycles. The quantitative estimate of drug-likeness (QED) is 0.380. The Morgan fingerprint density at radius 3 is 2.85 bits per heavy atom. The molecule has 0 radical (unpaired) electrons. The van der Waals surface area contributed by atoms with Crippen LogP contribution in [-0.2, 0) is 25.5 Å². The van der Waals surface area contributed by atoms with Crippen LogP contribution in [0.2, 0.25) is 0 Å². The van der Waals surface area contributed by atoms with Crippen LogP contribution in [0.25, 0.3) is 0 Å². The number of carbonyl (C=O) groups is 3. The Labute approximate surface area is 162 Å². The summed E-state index contributed by atoms with van der Waals surface area (Å²) in [6, 6.07) is 1.85. The molecule has 1 fully saturated rings. The highest BCUT2D eigenvalue weighted by Gasteiger charge is 2.35. The minimum atomic E-state index is -0.762. The van der Waals surface area contributed by atoms with Gasteiger partial charge in [0.1, 0.15) is 4.88 Å². The highest BCUT2D eigenvalue weighted by Crippen LogP contribution is 2.25. The lowest BCUT2D eigenvalue weighted by Crippen LogP contribution is -2.47. The summed E-state index contributed by atoms with van der Waals surface area (Å²) in [5, 5.41) is -0.762. The number of unbranched alkanes of at least 4 members (excludes halogenated alkanes) is 1. The summed E-state index contributed by atoms with van der Waals surface area (Å²) in [6.07, 6.45) is 2.50. The second-order valence-corrected chi connectivity index (χ2v) is 8.41. The smallest absolute Gasteiger partial charge is 0.348 e. The lowest BCUT2D eigenvalue weighted by molar-refractivity contribution is -0.146. The van der Waals surface area contributed by atoms with Crippen molar-refractivity contribution in [3.05, 3.63) is 21.4 Å². The Hall–Kier alpha value is -1.54. The van der Waals surface area contributed by atoms with Gasteiger partial charge in [0.2, 0.25) is 5.91 Å². The van der Waals surface area contributed by atoms with E-state index in [-0.39, 0.29) is 11.9 Å². The maximum Gasteiger partial charge on any atom is 0.348 e. The fraction of sp³-hybridized carbons (Fsp3) is 0.611. The summed E-state index contributed by atoms with van der Waals surface area (Å²) >= 11 is 2.74. The van der Waals surface area contributed by atoms with E-state index in [1.807, 2.05) is 19.9 Å². The first-order chi connectivity index (χ1) is 12.5. The van der Waals surface area contributed by atoms with Crippen molar-refractivity contribution in [2.45, 2.75) is 38.4 Å². The summed E-state index contributed by atoms with van der Waals surface area (Å²) in [5.74, 6) is -0.256. The van der Waals surface area contributed by atoms with Crippen molar-refractivity contribution in [2.24, 2.45) is 0 Å². The Morgan fingerprint density at radius 1 is 1.38 bits per heavy atom. The number of aryl methyl sites for hydroxylation is 1. The van der Waals surface area contributed by atoms with Crippen molar-refractivity contribution in [1.29, 1.82) is 0 Å². The predicted octanol–water partition coefficient (Wildman–Crippen LogP) is 2.67. The number of carbonyl (C=O) groups excluding carboxylic acids is 3. The summed E-state index contributed by atoms with van der Waals surface area (Å²) in [4.78, 5) is 39.6. The molecule has 26 heavy (non-hydrogen) atoms. The minimum Gasteiger partial charge on any atom is -0.468 e. The molecule has 1 aliphatic rings. The number of amides is 1. The molecule has 144 valence electrons. The average Bonchev–Trinajstić information content (AvgIpc) is 3.01. The largest absolute Gasteiger partial charge is 0.468 e. The number of thiophene rings is 1. The third-order valence-electron chi connectivity index (χ3n) is 4.16. The lowest BCUT2D eigenvalue weighted by atomic mass is 10.2. The molecule has 1 amide bonds. The van der Waals surface area contributed by atoms with Gasteiger partial charge in [0.15, 0.2) is 5.25 Å². The lowest BCUT2D eigenvalue weighted by Gasteiger charge is -2.30. The molecule has 2 rings (SSSR count). The predicted molar refractivity (Wildman–Crippen MR) is 103 cm³/mol. The van der Waals surface area contributed by atoms with Crippen LogP contribution >= 0.6 is 23.1 Å². The third kappa shape index (κ3) is 5.23. The average molecular weight is 400 g/mol. The highest BCUT2D eigenvalue weighted by molar-refractivity contribution is 8.01. The molecule has 0 aromatic carbocycles. The van der Waals surface area contributed by atoms with E-state index in [9.17, 15) is 14.4 Å².